The Hall–Kier alpha value is -3.15. The topological polar surface area (TPSA) is 114 Å². The van der Waals surface area contributed by atoms with Gasteiger partial charge in [-0.25, -0.2) is 13.2 Å². The van der Waals surface area contributed by atoms with Crippen LogP contribution in [0.1, 0.15) is 17.3 Å². The zero-order valence-electron chi connectivity index (χ0n) is 19.0. The zero-order chi connectivity index (χ0) is 24.3. The van der Waals surface area contributed by atoms with Crippen molar-refractivity contribution in [2.75, 3.05) is 51.8 Å². The van der Waals surface area contributed by atoms with Crippen molar-refractivity contribution in [3.63, 3.8) is 0 Å². The van der Waals surface area contributed by atoms with Gasteiger partial charge in [-0.15, -0.1) is 0 Å². The monoisotopic (exact) mass is 489 g/mol. The summed E-state index contributed by atoms with van der Waals surface area (Å²) in [6, 6.07) is 10.6. The van der Waals surface area contributed by atoms with Crippen LogP contribution in [0.15, 0.2) is 47.4 Å². The number of anilines is 1. The molecule has 10 nitrogen and oxygen atoms in total. The summed E-state index contributed by atoms with van der Waals surface area (Å²) >= 11 is 0. The number of carbonyl (C=O) groups excluding carboxylic acids is 2. The first-order valence-electron chi connectivity index (χ1n) is 10.9. The second-order valence-corrected chi connectivity index (χ2v) is 10.1. The maximum Gasteiger partial charge on any atom is 0.338 e. The van der Waals surface area contributed by atoms with Crippen molar-refractivity contribution in [2.24, 2.45) is 0 Å². The molecule has 1 amide bonds. The van der Waals surface area contributed by atoms with Gasteiger partial charge in [0.15, 0.2) is 17.6 Å². The van der Waals surface area contributed by atoms with Gasteiger partial charge >= 0.3 is 5.97 Å². The average molecular weight is 490 g/mol. The number of hydrogen-bond donors (Lipinski definition) is 1. The smallest absolute Gasteiger partial charge is 0.338 e. The third-order valence-corrected chi connectivity index (χ3v) is 7.53. The van der Waals surface area contributed by atoms with Crippen LogP contribution in [-0.4, -0.2) is 82.0 Å². The zero-order valence-corrected chi connectivity index (χ0v) is 19.8. The van der Waals surface area contributed by atoms with E-state index in [1.54, 1.807) is 18.2 Å². The Morgan fingerprint density at radius 2 is 1.71 bits per heavy atom. The molecule has 1 N–H and O–H groups in total. The fraction of sp³-hybridized carbons (Fsp3) is 0.391. The van der Waals surface area contributed by atoms with Crippen molar-refractivity contribution in [1.29, 1.82) is 0 Å². The summed E-state index contributed by atoms with van der Waals surface area (Å²) in [5, 5.41) is 2.67. The quantitative estimate of drug-likeness (QED) is 0.609. The number of esters is 1. The predicted molar refractivity (Wildman–Crippen MR) is 124 cm³/mol. The molecule has 0 saturated carbocycles. The maximum absolute atomic E-state index is 13.0. The van der Waals surface area contributed by atoms with E-state index < -0.39 is 28.0 Å². The van der Waals surface area contributed by atoms with Gasteiger partial charge in [0.1, 0.15) is 13.2 Å². The number of likely N-dealkylation sites (N-methyl/N-ethyl adjacent to an activating group) is 1. The number of ether oxygens (including phenoxy) is 3. The van der Waals surface area contributed by atoms with Crippen LogP contribution in [0.2, 0.25) is 0 Å². The highest BCUT2D eigenvalue weighted by molar-refractivity contribution is 7.89. The van der Waals surface area contributed by atoms with Gasteiger partial charge in [0, 0.05) is 37.9 Å². The molecule has 0 unspecified atom stereocenters. The normalized spacial score (nSPS) is 17.6. The molecule has 1 saturated heterocycles. The number of carbonyl (C=O) groups is 2. The number of benzene rings is 2. The van der Waals surface area contributed by atoms with Crippen LogP contribution in [0.5, 0.6) is 11.5 Å². The molecule has 2 heterocycles. The van der Waals surface area contributed by atoms with Gasteiger partial charge < -0.3 is 24.4 Å². The van der Waals surface area contributed by atoms with Crippen molar-refractivity contribution in [3.05, 3.63) is 48.0 Å². The molecular weight excluding hydrogens is 462 g/mol. The lowest BCUT2D eigenvalue weighted by Gasteiger charge is -2.31. The summed E-state index contributed by atoms with van der Waals surface area (Å²) in [6.07, 6.45) is -1.11. The first-order chi connectivity index (χ1) is 16.2. The van der Waals surface area contributed by atoms with Crippen molar-refractivity contribution in [3.8, 4) is 11.5 Å². The molecule has 0 radical (unpaired) electrons. The lowest BCUT2D eigenvalue weighted by Crippen LogP contribution is -2.47. The predicted octanol–water partition coefficient (Wildman–Crippen LogP) is 1.58. The number of sulfonamides is 1. The van der Waals surface area contributed by atoms with E-state index in [9.17, 15) is 18.0 Å². The van der Waals surface area contributed by atoms with Crippen molar-refractivity contribution in [2.45, 2.75) is 17.9 Å². The van der Waals surface area contributed by atoms with Crippen LogP contribution >= 0.6 is 0 Å². The molecule has 2 aliphatic heterocycles. The van der Waals surface area contributed by atoms with E-state index in [0.29, 0.717) is 56.6 Å². The molecule has 0 aliphatic carbocycles. The highest BCUT2D eigenvalue weighted by Gasteiger charge is 2.28. The van der Waals surface area contributed by atoms with Gasteiger partial charge in [-0.2, -0.15) is 4.31 Å². The summed E-state index contributed by atoms with van der Waals surface area (Å²) < 4.78 is 43.6. The van der Waals surface area contributed by atoms with E-state index in [2.05, 4.69) is 10.2 Å². The van der Waals surface area contributed by atoms with E-state index in [1.165, 1.54) is 35.5 Å². The van der Waals surface area contributed by atoms with Gasteiger partial charge in [-0.1, -0.05) is 6.07 Å². The first kappa shape index (κ1) is 24.0. The molecule has 0 spiro atoms. The Labute approximate surface area is 198 Å². The summed E-state index contributed by atoms with van der Waals surface area (Å²) in [7, 11) is -1.80. The van der Waals surface area contributed by atoms with Crippen LogP contribution in [-0.2, 0) is 19.6 Å². The minimum Gasteiger partial charge on any atom is -0.486 e. The second-order valence-electron chi connectivity index (χ2n) is 8.13. The van der Waals surface area contributed by atoms with Gasteiger partial charge in [-0.05, 0) is 44.3 Å². The number of fused-ring (bicyclic) bond motifs is 1. The number of nitrogens with one attached hydrogen (secondary N) is 1. The molecule has 4 rings (SSSR count). The van der Waals surface area contributed by atoms with E-state index in [0.717, 1.165) is 0 Å². The molecule has 2 aromatic rings. The first-order valence-corrected chi connectivity index (χ1v) is 12.4. The van der Waals surface area contributed by atoms with Crippen LogP contribution in [0.4, 0.5) is 5.69 Å². The Kier molecular flexibility index (Phi) is 7.05. The van der Waals surface area contributed by atoms with Crippen LogP contribution in [0, 0.1) is 0 Å². The largest absolute Gasteiger partial charge is 0.486 e. The van der Waals surface area contributed by atoms with E-state index >= 15 is 0 Å². The number of amides is 1. The van der Waals surface area contributed by atoms with Crippen molar-refractivity contribution >= 4 is 27.6 Å². The summed E-state index contributed by atoms with van der Waals surface area (Å²) in [5.41, 5.74) is 0.520. The second kappa shape index (κ2) is 10.00. The molecule has 2 aliphatic rings. The van der Waals surface area contributed by atoms with E-state index in [4.69, 9.17) is 14.2 Å². The maximum atomic E-state index is 13.0. The molecule has 0 bridgehead atoms. The summed E-state index contributed by atoms with van der Waals surface area (Å²) in [6.45, 7) is 4.35. The molecule has 182 valence electrons. The summed E-state index contributed by atoms with van der Waals surface area (Å²) in [4.78, 5) is 27.3. The fourth-order valence-corrected chi connectivity index (χ4v) is 5.08. The highest BCUT2D eigenvalue weighted by Crippen LogP contribution is 2.32. The minimum atomic E-state index is -3.74. The number of rotatable bonds is 6. The molecule has 0 aromatic heterocycles. The Balaban J connectivity index is 1.40. The standard InChI is InChI=1S/C23H27N3O7S/c1-16(22(27)24-18-6-7-20-21(15-18)32-13-12-31-20)33-23(28)17-4-3-5-19(14-17)34(29,30)26-10-8-25(2)9-11-26/h3-7,14-16H,8-13H2,1-2H3,(H,24,27)/t16-/m0/s1. The third kappa shape index (κ3) is 5.32. The third-order valence-electron chi connectivity index (χ3n) is 5.63. The lowest BCUT2D eigenvalue weighted by molar-refractivity contribution is -0.123. The number of nitrogens with zero attached hydrogens (tertiary/aromatic N) is 2. The Bertz CT molecular complexity index is 1180. The Morgan fingerprint density at radius 1 is 1.00 bits per heavy atom. The average Bonchev–Trinajstić information content (AvgIpc) is 2.84. The minimum absolute atomic E-state index is 0.0138. The molecule has 1 atom stereocenters. The van der Waals surface area contributed by atoms with E-state index in [1.807, 2.05) is 7.05 Å². The van der Waals surface area contributed by atoms with Crippen LogP contribution < -0.4 is 14.8 Å². The van der Waals surface area contributed by atoms with Gasteiger partial charge in [0.25, 0.3) is 5.91 Å². The number of hydrogen-bond acceptors (Lipinski definition) is 8. The van der Waals surface area contributed by atoms with E-state index in [-0.39, 0.29) is 10.5 Å². The summed E-state index contributed by atoms with van der Waals surface area (Å²) in [5.74, 6) is -0.214. The van der Waals surface area contributed by atoms with Gasteiger partial charge in [0.2, 0.25) is 10.0 Å². The fourth-order valence-electron chi connectivity index (χ4n) is 3.61. The van der Waals surface area contributed by atoms with Crippen molar-refractivity contribution < 1.29 is 32.2 Å². The lowest BCUT2D eigenvalue weighted by atomic mass is 10.2. The SMILES string of the molecule is C[C@H](OC(=O)c1cccc(S(=O)(=O)N2CCN(C)CC2)c1)C(=O)Nc1ccc2c(c1)OCCO2. The van der Waals surface area contributed by atoms with Crippen LogP contribution in [0.25, 0.3) is 0 Å². The molecule has 2 aromatic carbocycles. The number of piperazine rings is 1. The molecule has 34 heavy (non-hydrogen) atoms. The highest BCUT2D eigenvalue weighted by atomic mass is 32.2. The molecule has 1 fully saturated rings. The molecule has 11 heteroatoms. The van der Waals surface area contributed by atoms with Crippen molar-refractivity contribution in [1.82, 2.24) is 9.21 Å². The van der Waals surface area contributed by atoms with Gasteiger partial charge in [-0.3, -0.25) is 4.79 Å². The molecular formula is C23H27N3O7S. The van der Waals surface area contributed by atoms with Crippen LogP contribution in [0.3, 0.4) is 0 Å². The van der Waals surface area contributed by atoms with Gasteiger partial charge in [0.05, 0.1) is 10.5 Å². The Morgan fingerprint density at radius 3 is 2.44 bits per heavy atom.